The number of rotatable bonds is 2. The molecule has 4 rings (SSSR count). The molecule has 0 aromatic carbocycles. The molecule has 2 aromatic rings. The zero-order valence-corrected chi connectivity index (χ0v) is 14.0. The molecule has 0 aliphatic carbocycles. The fourth-order valence-corrected chi connectivity index (χ4v) is 3.63. The first-order valence-corrected chi connectivity index (χ1v) is 7.53. The summed E-state index contributed by atoms with van der Waals surface area (Å²) in [7, 11) is 1.38. The quantitative estimate of drug-likeness (QED) is 0.823. The third-order valence-electron chi connectivity index (χ3n) is 4.88. The molecule has 1 N–H and O–H groups in total. The number of pyridine rings is 1. The molecule has 2 aliphatic heterocycles. The predicted octanol–water partition coefficient (Wildman–Crippen LogP) is 1.25. The van der Waals surface area contributed by atoms with Gasteiger partial charge in [-0.15, -0.1) is 12.4 Å². The maximum Gasteiger partial charge on any atom is 0.316 e. The maximum atomic E-state index is 12.8. The molecular formula is C16H18ClN3O4. The van der Waals surface area contributed by atoms with E-state index in [2.05, 4.69) is 9.97 Å². The SMILES string of the molecule is COC(=O)[C@@]12COC[C@@H]1CN(C(=O)c1cc3cccnc3[nH]1)C2.Cl. The Bertz CT molecular complexity index is 759. The number of halogens is 1. The Morgan fingerprint density at radius 3 is 3.08 bits per heavy atom. The van der Waals surface area contributed by atoms with Gasteiger partial charge in [0.1, 0.15) is 16.8 Å². The summed E-state index contributed by atoms with van der Waals surface area (Å²) in [4.78, 5) is 33.9. The molecule has 128 valence electrons. The fraction of sp³-hybridized carbons (Fsp3) is 0.438. The first-order chi connectivity index (χ1) is 11.1. The van der Waals surface area contributed by atoms with Crippen LogP contribution in [0.3, 0.4) is 0 Å². The van der Waals surface area contributed by atoms with Crippen molar-refractivity contribution in [1.82, 2.24) is 14.9 Å². The summed E-state index contributed by atoms with van der Waals surface area (Å²) in [6.07, 6.45) is 1.68. The average molecular weight is 352 g/mol. The van der Waals surface area contributed by atoms with Crippen LogP contribution in [0.25, 0.3) is 11.0 Å². The first kappa shape index (κ1) is 16.7. The summed E-state index contributed by atoms with van der Waals surface area (Å²) >= 11 is 0. The van der Waals surface area contributed by atoms with Gasteiger partial charge in [0.25, 0.3) is 5.91 Å². The van der Waals surface area contributed by atoms with Crippen LogP contribution in [-0.2, 0) is 14.3 Å². The number of nitrogens with one attached hydrogen (secondary N) is 1. The van der Waals surface area contributed by atoms with Crippen LogP contribution in [0.4, 0.5) is 0 Å². The summed E-state index contributed by atoms with van der Waals surface area (Å²) in [5, 5.41) is 0.890. The largest absolute Gasteiger partial charge is 0.468 e. The van der Waals surface area contributed by atoms with E-state index in [1.165, 1.54) is 7.11 Å². The van der Waals surface area contributed by atoms with E-state index in [4.69, 9.17) is 9.47 Å². The van der Waals surface area contributed by atoms with E-state index in [0.717, 1.165) is 5.39 Å². The number of aromatic amines is 1. The average Bonchev–Trinajstić information content (AvgIpc) is 3.24. The van der Waals surface area contributed by atoms with E-state index in [0.29, 0.717) is 37.6 Å². The van der Waals surface area contributed by atoms with Gasteiger partial charge >= 0.3 is 5.97 Å². The molecule has 0 unspecified atom stereocenters. The highest BCUT2D eigenvalue weighted by Crippen LogP contribution is 2.42. The molecule has 2 aromatic heterocycles. The van der Waals surface area contributed by atoms with Gasteiger partial charge in [0.05, 0.1) is 20.3 Å². The van der Waals surface area contributed by atoms with E-state index < -0.39 is 5.41 Å². The number of ether oxygens (including phenoxy) is 2. The van der Waals surface area contributed by atoms with Crippen molar-refractivity contribution in [3.8, 4) is 0 Å². The number of H-pyrrole nitrogens is 1. The summed E-state index contributed by atoms with van der Waals surface area (Å²) in [5.41, 5.74) is 0.440. The van der Waals surface area contributed by atoms with Gasteiger partial charge in [-0.3, -0.25) is 9.59 Å². The number of hydrogen-bond acceptors (Lipinski definition) is 5. The van der Waals surface area contributed by atoms with Crippen molar-refractivity contribution >= 4 is 35.3 Å². The van der Waals surface area contributed by atoms with E-state index in [-0.39, 0.29) is 30.2 Å². The van der Waals surface area contributed by atoms with E-state index >= 15 is 0 Å². The number of methoxy groups -OCH3 is 1. The second kappa shape index (κ2) is 6.07. The standard InChI is InChI=1S/C16H17N3O4.ClH/c1-22-15(21)16-8-19(6-11(16)7-23-9-16)14(20)12-5-10-3-2-4-17-13(10)18-12;/h2-5,11H,6-9H2,1H3,(H,17,18);1H/t11-,16-;/m0./s1. The Balaban J connectivity index is 0.00000169. The van der Waals surface area contributed by atoms with Crippen molar-refractivity contribution in [2.75, 3.05) is 33.4 Å². The third-order valence-corrected chi connectivity index (χ3v) is 4.88. The molecule has 2 fully saturated rings. The fourth-order valence-electron chi connectivity index (χ4n) is 3.63. The molecule has 1 amide bonds. The molecule has 0 radical (unpaired) electrons. The number of amides is 1. The number of hydrogen-bond donors (Lipinski definition) is 1. The van der Waals surface area contributed by atoms with Crippen molar-refractivity contribution in [2.45, 2.75) is 0 Å². The number of nitrogens with zero attached hydrogens (tertiary/aromatic N) is 2. The van der Waals surface area contributed by atoms with Gasteiger partial charge in [0, 0.05) is 30.6 Å². The molecule has 2 saturated heterocycles. The van der Waals surface area contributed by atoms with Crippen LogP contribution < -0.4 is 0 Å². The Labute approximate surface area is 144 Å². The monoisotopic (exact) mass is 351 g/mol. The molecular weight excluding hydrogens is 334 g/mol. The molecule has 2 atom stereocenters. The van der Waals surface area contributed by atoms with Crippen molar-refractivity contribution < 1.29 is 19.1 Å². The second-order valence-corrected chi connectivity index (χ2v) is 6.17. The highest BCUT2D eigenvalue weighted by atomic mass is 35.5. The minimum atomic E-state index is -0.728. The predicted molar refractivity (Wildman–Crippen MR) is 88.0 cm³/mol. The van der Waals surface area contributed by atoms with Crippen LogP contribution in [0.15, 0.2) is 24.4 Å². The second-order valence-electron chi connectivity index (χ2n) is 6.17. The van der Waals surface area contributed by atoms with Crippen molar-refractivity contribution in [2.24, 2.45) is 11.3 Å². The third kappa shape index (κ3) is 2.35. The van der Waals surface area contributed by atoms with Crippen LogP contribution in [-0.4, -0.2) is 60.2 Å². The lowest BCUT2D eigenvalue weighted by Gasteiger charge is -2.23. The normalized spacial score (nSPS) is 25.4. The maximum absolute atomic E-state index is 12.8. The Hall–Kier alpha value is -2.12. The molecule has 24 heavy (non-hydrogen) atoms. The lowest BCUT2D eigenvalue weighted by atomic mass is 9.81. The van der Waals surface area contributed by atoms with Crippen molar-refractivity contribution in [3.05, 3.63) is 30.1 Å². The zero-order chi connectivity index (χ0) is 16.0. The highest BCUT2D eigenvalue weighted by Gasteiger charge is 2.57. The number of likely N-dealkylation sites (tertiary alicyclic amines) is 1. The molecule has 8 heteroatoms. The number of esters is 1. The summed E-state index contributed by atoms with van der Waals surface area (Å²) in [5.74, 6) is -0.435. The lowest BCUT2D eigenvalue weighted by molar-refractivity contribution is -0.153. The lowest BCUT2D eigenvalue weighted by Crippen LogP contribution is -2.41. The zero-order valence-electron chi connectivity index (χ0n) is 13.2. The Morgan fingerprint density at radius 1 is 1.50 bits per heavy atom. The van der Waals surface area contributed by atoms with Crippen LogP contribution in [0.2, 0.25) is 0 Å². The number of carbonyl (C=O) groups excluding carboxylic acids is 2. The smallest absolute Gasteiger partial charge is 0.316 e. The van der Waals surface area contributed by atoms with Gasteiger partial charge in [0.2, 0.25) is 0 Å². The minimum Gasteiger partial charge on any atom is -0.468 e. The van der Waals surface area contributed by atoms with Gasteiger partial charge in [-0.05, 0) is 18.2 Å². The van der Waals surface area contributed by atoms with E-state index in [9.17, 15) is 9.59 Å². The summed E-state index contributed by atoms with van der Waals surface area (Å²) < 4.78 is 10.4. The summed E-state index contributed by atoms with van der Waals surface area (Å²) in [6, 6.07) is 5.52. The van der Waals surface area contributed by atoms with E-state index in [1.54, 1.807) is 17.2 Å². The number of aromatic nitrogens is 2. The van der Waals surface area contributed by atoms with Gasteiger partial charge in [-0.1, -0.05) is 0 Å². The molecule has 2 aliphatic rings. The first-order valence-electron chi connectivity index (χ1n) is 7.53. The minimum absolute atomic E-state index is 0. The number of carbonyl (C=O) groups is 2. The molecule has 0 spiro atoms. The van der Waals surface area contributed by atoms with Crippen molar-refractivity contribution in [3.63, 3.8) is 0 Å². The summed E-state index contributed by atoms with van der Waals surface area (Å²) in [6.45, 7) is 1.61. The van der Waals surface area contributed by atoms with Crippen LogP contribution >= 0.6 is 12.4 Å². The van der Waals surface area contributed by atoms with Crippen LogP contribution in [0.1, 0.15) is 10.5 Å². The van der Waals surface area contributed by atoms with E-state index in [1.807, 2.05) is 12.1 Å². The van der Waals surface area contributed by atoms with Gasteiger partial charge in [-0.25, -0.2) is 4.98 Å². The highest BCUT2D eigenvalue weighted by molar-refractivity contribution is 5.98. The Kier molecular flexibility index (Phi) is 4.23. The van der Waals surface area contributed by atoms with Gasteiger partial charge in [0.15, 0.2) is 0 Å². The molecule has 7 nitrogen and oxygen atoms in total. The van der Waals surface area contributed by atoms with Crippen LogP contribution in [0, 0.1) is 11.3 Å². The van der Waals surface area contributed by atoms with Gasteiger partial charge < -0.3 is 19.4 Å². The Morgan fingerprint density at radius 2 is 2.33 bits per heavy atom. The molecule has 0 saturated carbocycles. The topological polar surface area (TPSA) is 84.5 Å². The van der Waals surface area contributed by atoms with Gasteiger partial charge in [-0.2, -0.15) is 0 Å². The number of fused-ring (bicyclic) bond motifs is 2. The van der Waals surface area contributed by atoms with Crippen LogP contribution in [0.5, 0.6) is 0 Å². The van der Waals surface area contributed by atoms with Crippen molar-refractivity contribution in [1.29, 1.82) is 0 Å². The molecule has 4 heterocycles. The molecule has 0 bridgehead atoms.